The standard InChI is InChI=1S/C19H21F6N3O5/c20-18(21,22)32-11-1-9(2-11)14-27-28-15(31-14)16-6-17(7-16,8-16)26-13(29)5-30-10-3-12(4-10)33-19(23,24)25/h9-12H,1-8H2,(H,26,29). The first kappa shape index (κ1) is 22.8. The zero-order valence-corrected chi connectivity index (χ0v) is 17.2. The molecule has 5 saturated carbocycles. The molecule has 5 aliphatic carbocycles. The molecule has 1 N–H and O–H groups in total. The van der Waals surface area contributed by atoms with Crippen molar-refractivity contribution in [1.82, 2.24) is 15.5 Å². The highest BCUT2D eigenvalue weighted by Gasteiger charge is 2.72. The van der Waals surface area contributed by atoms with Gasteiger partial charge in [-0.1, -0.05) is 0 Å². The van der Waals surface area contributed by atoms with Gasteiger partial charge >= 0.3 is 12.7 Å². The van der Waals surface area contributed by atoms with E-state index in [1.165, 1.54) is 0 Å². The maximum absolute atomic E-state index is 12.2. The van der Waals surface area contributed by atoms with Crippen LogP contribution in [0, 0.1) is 0 Å². The lowest BCUT2D eigenvalue weighted by Gasteiger charge is -2.68. The molecule has 0 aromatic carbocycles. The van der Waals surface area contributed by atoms with E-state index < -0.39 is 36.6 Å². The maximum Gasteiger partial charge on any atom is 0.522 e. The smallest absolute Gasteiger partial charge is 0.424 e. The molecule has 1 aromatic rings. The average molecular weight is 485 g/mol. The van der Waals surface area contributed by atoms with Gasteiger partial charge in [0.05, 0.1) is 23.7 Å². The van der Waals surface area contributed by atoms with Crippen LogP contribution in [0.4, 0.5) is 26.3 Å². The number of rotatable bonds is 8. The number of alkyl halides is 6. The van der Waals surface area contributed by atoms with E-state index in [-0.39, 0.29) is 49.5 Å². The fourth-order valence-electron chi connectivity index (χ4n) is 5.28. The third kappa shape index (κ3) is 4.69. The van der Waals surface area contributed by atoms with Crippen LogP contribution in [0.3, 0.4) is 0 Å². The Balaban J connectivity index is 1.01. The van der Waals surface area contributed by atoms with Gasteiger partial charge in [-0.2, -0.15) is 0 Å². The normalized spacial score (nSPS) is 37.4. The Kier molecular flexibility index (Phi) is 5.22. The van der Waals surface area contributed by atoms with Crippen molar-refractivity contribution in [2.24, 2.45) is 0 Å². The highest BCUT2D eigenvalue weighted by Crippen LogP contribution is 2.67. The molecule has 0 unspecified atom stereocenters. The molecule has 14 heteroatoms. The van der Waals surface area contributed by atoms with Crippen LogP contribution in [-0.4, -0.2) is 59.3 Å². The summed E-state index contributed by atoms with van der Waals surface area (Å²) in [7, 11) is 0. The van der Waals surface area contributed by atoms with Gasteiger partial charge in [0.2, 0.25) is 17.7 Å². The van der Waals surface area contributed by atoms with Crippen LogP contribution >= 0.6 is 0 Å². The van der Waals surface area contributed by atoms with E-state index >= 15 is 0 Å². The van der Waals surface area contributed by atoms with E-state index in [2.05, 4.69) is 25.0 Å². The Morgan fingerprint density at radius 2 is 1.52 bits per heavy atom. The SMILES string of the molecule is O=C(COC1CC(OC(F)(F)F)C1)NC12CC(c3nnc(C4CC(OC(F)(F)F)C4)o3)(C1)C2. The average Bonchev–Trinajstić information content (AvgIpc) is 3.01. The van der Waals surface area contributed by atoms with E-state index in [0.717, 1.165) is 0 Å². The fourth-order valence-corrected chi connectivity index (χ4v) is 5.28. The molecule has 2 bridgehead atoms. The van der Waals surface area contributed by atoms with Gasteiger partial charge in [-0.3, -0.25) is 14.3 Å². The summed E-state index contributed by atoms with van der Waals surface area (Å²) in [4.78, 5) is 12.2. The van der Waals surface area contributed by atoms with Crippen LogP contribution in [0.25, 0.3) is 0 Å². The van der Waals surface area contributed by atoms with Gasteiger partial charge in [0, 0.05) is 24.3 Å². The first-order chi connectivity index (χ1) is 15.3. The second-order valence-corrected chi connectivity index (χ2v) is 9.53. The zero-order chi connectivity index (χ0) is 23.6. The molecular weight excluding hydrogens is 464 g/mol. The largest absolute Gasteiger partial charge is 0.522 e. The van der Waals surface area contributed by atoms with Gasteiger partial charge < -0.3 is 14.5 Å². The Labute approximate surface area is 183 Å². The summed E-state index contributed by atoms with van der Waals surface area (Å²) in [6.45, 7) is -0.244. The molecule has 33 heavy (non-hydrogen) atoms. The van der Waals surface area contributed by atoms with Crippen LogP contribution < -0.4 is 5.32 Å². The molecule has 0 spiro atoms. The number of hydrogen-bond acceptors (Lipinski definition) is 7. The molecule has 5 aliphatic rings. The van der Waals surface area contributed by atoms with E-state index in [1.54, 1.807) is 0 Å². The number of carbonyl (C=O) groups excluding carboxylic acids is 1. The lowest BCUT2D eigenvalue weighted by molar-refractivity contribution is -0.357. The third-order valence-electron chi connectivity index (χ3n) is 6.88. The highest BCUT2D eigenvalue weighted by molar-refractivity contribution is 5.79. The van der Waals surface area contributed by atoms with Gasteiger partial charge in [-0.25, -0.2) is 0 Å². The van der Waals surface area contributed by atoms with Crippen molar-refractivity contribution in [2.75, 3.05) is 6.61 Å². The van der Waals surface area contributed by atoms with E-state index in [9.17, 15) is 31.1 Å². The molecule has 1 amide bonds. The molecule has 1 aromatic heterocycles. The molecule has 0 atom stereocenters. The molecule has 5 fully saturated rings. The first-order valence-corrected chi connectivity index (χ1v) is 10.6. The second-order valence-electron chi connectivity index (χ2n) is 9.53. The summed E-state index contributed by atoms with van der Waals surface area (Å²) < 4.78 is 91.9. The minimum absolute atomic E-state index is 0.0879. The number of nitrogens with zero attached hydrogens (tertiary/aromatic N) is 2. The summed E-state index contributed by atoms with van der Waals surface area (Å²) in [5.74, 6) is 0.121. The van der Waals surface area contributed by atoms with Crippen LogP contribution in [0.5, 0.6) is 0 Å². The van der Waals surface area contributed by atoms with Crippen molar-refractivity contribution in [2.45, 2.75) is 92.9 Å². The zero-order valence-electron chi connectivity index (χ0n) is 17.2. The molecule has 184 valence electrons. The number of nitrogens with one attached hydrogen (secondary N) is 1. The number of aromatic nitrogens is 2. The molecule has 8 nitrogen and oxygen atoms in total. The molecule has 1 heterocycles. The van der Waals surface area contributed by atoms with Gasteiger partial charge in [0.15, 0.2) is 0 Å². The number of ether oxygens (including phenoxy) is 3. The Hall–Kier alpha value is -1.93. The van der Waals surface area contributed by atoms with Gasteiger partial charge in [-0.15, -0.1) is 36.5 Å². The Morgan fingerprint density at radius 1 is 0.939 bits per heavy atom. The fraction of sp³-hybridized carbons (Fsp3) is 0.842. The first-order valence-electron chi connectivity index (χ1n) is 10.6. The summed E-state index contributed by atoms with van der Waals surface area (Å²) in [5.41, 5.74) is -0.722. The lowest BCUT2D eigenvalue weighted by Crippen LogP contribution is -2.77. The van der Waals surface area contributed by atoms with Crippen molar-refractivity contribution < 1.29 is 49.8 Å². The van der Waals surface area contributed by atoms with Crippen molar-refractivity contribution in [3.05, 3.63) is 11.8 Å². The lowest BCUT2D eigenvalue weighted by atomic mass is 9.39. The minimum atomic E-state index is -4.67. The molecule has 0 saturated heterocycles. The predicted molar refractivity (Wildman–Crippen MR) is 93.5 cm³/mol. The number of hydrogen-bond donors (Lipinski definition) is 1. The van der Waals surface area contributed by atoms with Crippen molar-refractivity contribution >= 4 is 5.91 Å². The molecule has 0 aliphatic heterocycles. The maximum atomic E-state index is 12.2. The van der Waals surface area contributed by atoms with Crippen LogP contribution in [0.15, 0.2) is 4.42 Å². The number of carbonyl (C=O) groups is 1. The van der Waals surface area contributed by atoms with E-state index in [1.807, 2.05) is 0 Å². The van der Waals surface area contributed by atoms with E-state index in [0.29, 0.717) is 31.0 Å². The minimum Gasteiger partial charge on any atom is -0.424 e. The molecule has 6 rings (SSSR count). The number of halogens is 6. The summed E-state index contributed by atoms with van der Waals surface area (Å²) >= 11 is 0. The Bertz CT molecular complexity index is 887. The predicted octanol–water partition coefficient (Wildman–Crippen LogP) is 3.23. The Morgan fingerprint density at radius 3 is 2.09 bits per heavy atom. The molecular formula is C19H21F6N3O5. The quantitative estimate of drug-likeness (QED) is 0.565. The van der Waals surface area contributed by atoms with Crippen molar-refractivity contribution in [3.63, 3.8) is 0 Å². The van der Waals surface area contributed by atoms with Gasteiger partial charge in [-0.05, 0) is 32.1 Å². The topological polar surface area (TPSA) is 95.7 Å². The molecule has 0 radical (unpaired) electrons. The van der Waals surface area contributed by atoms with Crippen LogP contribution in [-0.2, 0) is 24.4 Å². The summed E-state index contributed by atoms with van der Waals surface area (Å²) in [6, 6.07) is 0. The monoisotopic (exact) mass is 485 g/mol. The van der Waals surface area contributed by atoms with Gasteiger partial charge in [0.25, 0.3) is 0 Å². The van der Waals surface area contributed by atoms with Crippen molar-refractivity contribution in [1.29, 1.82) is 0 Å². The van der Waals surface area contributed by atoms with Crippen molar-refractivity contribution in [3.8, 4) is 0 Å². The summed E-state index contributed by atoms with van der Waals surface area (Å²) in [6.07, 6.45) is -9.30. The third-order valence-corrected chi connectivity index (χ3v) is 6.88. The summed E-state index contributed by atoms with van der Waals surface area (Å²) in [5, 5.41) is 10.9. The van der Waals surface area contributed by atoms with Crippen LogP contribution in [0.1, 0.15) is 62.6 Å². The second kappa shape index (κ2) is 7.54. The highest BCUT2D eigenvalue weighted by atomic mass is 19.4. The van der Waals surface area contributed by atoms with Gasteiger partial charge in [0.1, 0.15) is 6.61 Å². The van der Waals surface area contributed by atoms with E-state index in [4.69, 9.17) is 9.15 Å². The number of amides is 1. The van der Waals surface area contributed by atoms with Crippen LogP contribution in [0.2, 0.25) is 0 Å².